The summed E-state index contributed by atoms with van der Waals surface area (Å²) in [4.78, 5) is 7.11. The van der Waals surface area contributed by atoms with E-state index < -0.39 is 0 Å². The summed E-state index contributed by atoms with van der Waals surface area (Å²) < 4.78 is 11.5. The van der Waals surface area contributed by atoms with Gasteiger partial charge >= 0.3 is 0 Å². The van der Waals surface area contributed by atoms with Crippen LogP contribution in [0.4, 0.5) is 5.82 Å². The van der Waals surface area contributed by atoms with E-state index in [-0.39, 0.29) is 5.60 Å². The molecule has 2 aliphatic rings. The van der Waals surface area contributed by atoms with E-state index >= 15 is 0 Å². The van der Waals surface area contributed by atoms with E-state index in [0.717, 1.165) is 44.1 Å². The molecule has 0 saturated carbocycles. The number of fused-ring (bicyclic) bond motifs is 1. The summed E-state index contributed by atoms with van der Waals surface area (Å²) in [6, 6.07) is 12.5. The summed E-state index contributed by atoms with van der Waals surface area (Å²) in [6.07, 6.45) is 0.983. The topological polar surface area (TPSA) is 34.6 Å². The van der Waals surface area contributed by atoms with Crippen molar-refractivity contribution in [3.8, 4) is 0 Å². The SMILES string of the molecule is c1ccc2nc(N3CCOC4(CCOC4)C3)ccc2c1. The number of hydrogen-bond donors (Lipinski definition) is 0. The van der Waals surface area contributed by atoms with Gasteiger partial charge in [-0.1, -0.05) is 18.2 Å². The van der Waals surface area contributed by atoms with E-state index in [1.807, 2.05) is 12.1 Å². The first-order valence-corrected chi connectivity index (χ1v) is 7.17. The van der Waals surface area contributed by atoms with Crippen LogP contribution < -0.4 is 4.90 Å². The second-order valence-electron chi connectivity index (χ2n) is 5.62. The summed E-state index contributed by atoms with van der Waals surface area (Å²) >= 11 is 0. The van der Waals surface area contributed by atoms with Crippen LogP contribution in [-0.4, -0.2) is 43.5 Å². The van der Waals surface area contributed by atoms with E-state index in [2.05, 4.69) is 29.2 Å². The molecule has 4 nitrogen and oxygen atoms in total. The van der Waals surface area contributed by atoms with E-state index in [4.69, 9.17) is 14.5 Å². The Hall–Kier alpha value is -1.65. The average molecular weight is 270 g/mol. The van der Waals surface area contributed by atoms with Gasteiger partial charge in [-0.2, -0.15) is 0 Å². The molecule has 0 bridgehead atoms. The zero-order valence-electron chi connectivity index (χ0n) is 11.4. The molecule has 1 aromatic carbocycles. The van der Waals surface area contributed by atoms with E-state index in [1.165, 1.54) is 5.39 Å². The fourth-order valence-electron chi connectivity index (χ4n) is 3.10. The molecule has 4 rings (SSSR count). The normalized spacial score (nSPS) is 26.5. The number of ether oxygens (including phenoxy) is 2. The highest BCUT2D eigenvalue weighted by Crippen LogP contribution is 2.30. The van der Waals surface area contributed by atoms with Crippen molar-refractivity contribution in [2.75, 3.05) is 37.8 Å². The molecule has 1 atom stereocenters. The minimum Gasteiger partial charge on any atom is -0.378 e. The first kappa shape index (κ1) is 12.1. The van der Waals surface area contributed by atoms with Gasteiger partial charge in [-0.3, -0.25) is 0 Å². The summed E-state index contributed by atoms with van der Waals surface area (Å²) in [6.45, 7) is 4.03. The van der Waals surface area contributed by atoms with Gasteiger partial charge in [0.25, 0.3) is 0 Å². The molecule has 1 aromatic heterocycles. The van der Waals surface area contributed by atoms with Gasteiger partial charge in [0.05, 0.1) is 25.3 Å². The number of hydrogen-bond acceptors (Lipinski definition) is 4. The Morgan fingerprint density at radius 1 is 1.10 bits per heavy atom. The first-order chi connectivity index (χ1) is 9.85. The lowest BCUT2D eigenvalue weighted by atomic mass is 10.0. The molecule has 104 valence electrons. The van der Waals surface area contributed by atoms with Gasteiger partial charge in [0.15, 0.2) is 0 Å². The minimum absolute atomic E-state index is 0.119. The van der Waals surface area contributed by atoms with E-state index in [0.29, 0.717) is 6.61 Å². The van der Waals surface area contributed by atoms with Crippen molar-refractivity contribution < 1.29 is 9.47 Å². The summed E-state index contributed by atoms with van der Waals surface area (Å²) in [7, 11) is 0. The van der Waals surface area contributed by atoms with Crippen molar-refractivity contribution >= 4 is 16.7 Å². The minimum atomic E-state index is -0.119. The quantitative estimate of drug-likeness (QED) is 0.796. The Morgan fingerprint density at radius 3 is 2.95 bits per heavy atom. The van der Waals surface area contributed by atoms with Gasteiger partial charge in [0.2, 0.25) is 0 Å². The van der Waals surface area contributed by atoms with E-state index in [1.54, 1.807) is 0 Å². The number of pyridine rings is 1. The third-order valence-corrected chi connectivity index (χ3v) is 4.22. The highest BCUT2D eigenvalue weighted by molar-refractivity contribution is 5.80. The third kappa shape index (κ3) is 2.05. The zero-order chi connectivity index (χ0) is 13.4. The lowest BCUT2D eigenvalue weighted by Crippen LogP contribution is -2.52. The predicted molar refractivity (Wildman–Crippen MR) is 78.1 cm³/mol. The Bertz CT molecular complexity index is 623. The number of morpholine rings is 1. The lowest BCUT2D eigenvalue weighted by molar-refractivity contribution is -0.0581. The molecule has 0 amide bonds. The number of nitrogens with zero attached hydrogens (tertiary/aromatic N) is 2. The highest BCUT2D eigenvalue weighted by Gasteiger charge is 2.40. The molecule has 1 unspecified atom stereocenters. The largest absolute Gasteiger partial charge is 0.378 e. The second kappa shape index (κ2) is 4.72. The van der Waals surface area contributed by atoms with Gasteiger partial charge in [-0.25, -0.2) is 4.98 Å². The average Bonchev–Trinajstić information content (AvgIpc) is 2.94. The maximum Gasteiger partial charge on any atom is 0.129 e. The maximum absolute atomic E-state index is 5.97. The van der Waals surface area contributed by atoms with E-state index in [9.17, 15) is 0 Å². The molecular formula is C16H18N2O2. The molecule has 0 aliphatic carbocycles. The number of aromatic nitrogens is 1. The monoisotopic (exact) mass is 270 g/mol. The van der Waals surface area contributed by atoms with Crippen molar-refractivity contribution in [1.29, 1.82) is 0 Å². The Kier molecular flexibility index (Phi) is 2.86. The van der Waals surface area contributed by atoms with Gasteiger partial charge in [-0.05, 0) is 18.2 Å². The van der Waals surface area contributed by atoms with Crippen LogP contribution in [0.2, 0.25) is 0 Å². The van der Waals surface area contributed by atoms with Crippen molar-refractivity contribution in [2.45, 2.75) is 12.0 Å². The number of anilines is 1. The van der Waals surface area contributed by atoms with Gasteiger partial charge in [0.1, 0.15) is 11.4 Å². The molecule has 2 saturated heterocycles. The fraction of sp³-hybridized carbons (Fsp3) is 0.438. The van der Waals surface area contributed by atoms with Crippen molar-refractivity contribution in [3.63, 3.8) is 0 Å². The lowest BCUT2D eigenvalue weighted by Gasteiger charge is -2.40. The van der Waals surface area contributed by atoms with Gasteiger partial charge < -0.3 is 14.4 Å². The molecular weight excluding hydrogens is 252 g/mol. The van der Waals surface area contributed by atoms with Gasteiger partial charge in [-0.15, -0.1) is 0 Å². The zero-order valence-corrected chi connectivity index (χ0v) is 11.4. The van der Waals surface area contributed by atoms with Crippen molar-refractivity contribution in [3.05, 3.63) is 36.4 Å². The number of para-hydroxylation sites is 1. The van der Waals surface area contributed by atoms with Crippen molar-refractivity contribution in [1.82, 2.24) is 4.98 Å². The standard InChI is InChI=1S/C16H18N2O2/c1-2-4-14-13(3-1)5-6-15(17-14)18-8-10-20-16(11-18)7-9-19-12-16/h1-6H,7-12H2. The molecule has 4 heteroatoms. The summed E-state index contributed by atoms with van der Waals surface area (Å²) in [5, 5.41) is 1.18. The summed E-state index contributed by atoms with van der Waals surface area (Å²) in [5.74, 6) is 1.04. The molecule has 20 heavy (non-hydrogen) atoms. The Morgan fingerprint density at radius 2 is 2.05 bits per heavy atom. The summed E-state index contributed by atoms with van der Waals surface area (Å²) in [5.41, 5.74) is 0.930. The fourth-order valence-corrected chi connectivity index (χ4v) is 3.10. The number of benzene rings is 1. The molecule has 2 aliphatic heterocycles. The molecule has 0 N–H and O–H groups in total. The third-order valence-electron chi connectivity index (χ3n) is 4.22. The van der Waals surface area contributed by atoms with Crippen LogP contribution >= 0.6 is 0 Å². The highest BCUT2D eigenvalue weighted by atomic mass is 16.6. The Balaban J connectivity index is 1.64. The molecule has 1 spiro atoms. The molecule has 2 fully saturated rings. The second-order valence-corrected chi connectivity index (χ2v) is 5.62. The molecule has 3 heterocycles. The maximum atomic E-state index is 5.97. The van der Waals surface area contributed by atoms with Crippen LogP contribution in [0.5, 0.6) is 0 Å². The van der Waals surface area contributed by atoms with Crippen LogP contribution in [0.15, 0.2) is 36.4 Å². The first-order valence-electron chi connectivity index (χ1n) is 7.17. The molecule has 0 radical (unpaired) electrons. The van der Waals surface area contributed by atoms with Crippen LogP contribution in [0.3, 0.4) is 0 Å². The van der Waals surface area contributed by atoms with Crippen LogP contribution in [0.25, 0.3) is 10.9 Å². The van der Waals surface area contributed by atoms with Gasteiger partial charge in [0, 0.05) is 25.0 Å². The van der Waals surface area contributed by atoms with Crippen LogP contribution in [-0.2, 0) is 9.47 Å². The molecule has 2 aromatic rings. The van der Waals surface area contributed by atoms with Crippen LogP contribution in [0, 0.1) is 0 Å². The smallest absolute Gasteiger partial charge is 0.129 e. The van der Waals surface area contributed by atoms with Crippen LogP contribution in [0.1, 0.15) is 6.42 Å². The Labute approximate surface area is 118 Å². The predicted octanol–water partition coefficient (Wildman–Crippen LogP) is 2.23. The van der Waals surface area contributed by atoms with Crippen molar-refractivity contribution in [2.24, 2.45) is 0 Å². The number of rotatable bonds is 1.